The summed E-state index contributed by atoms with van der Waals surface area (Å²) in [7, 11) is 0. The lowest BCUT2D eigenvalue weighted by molar-refractivity contribution is -0.121. The number of nitrogens with one attached hydrogen (secondary N) is 1. The Labute approximate surface area is 107 Å². The minimum absolute atomic E-state index is 0.0129. The summed E-state index contributed by atoms with van der Waals surface area (Å²) in [6.07, 6.45) is 4.70. The molecule has 1 aromatic heterocycles. The van der Waals surface area contributed by atoms with Gasteiger partial charge < -0.3 is 16.0 Å². The minimum Gasteiger partial charge on any atom is -0.357 e. The van der Waals surface area contributed by atoms with Gasteiger partial charge in [-0.3, -0.25) is 4.79 Å². The van der Waals surface area contributed by atoms with Crippen molar-refractivity contribution in [3.63, 3.8) is 0 Å². The fourth-order valence-electron chi connectivity index (χ4n) is 2.07. The van der Waals surface area contributed by atoms with Crippen LogP contribution in [0.2, 0.25) is 0 Å². The molecule has 0 unspecified atom stereocenters. The molecule has 0 aliphatic carbocycles. The zero-order valence-electron chi connectivity index (χ0n) is 10.6. The van der Waals surface area contributed by atoms with Gasteiger partial charge in [-0.05, 0) is 24.5 Å². The molecule has 1 saturated heterocycles. The van der Waals surface area contributed by atoms with E-state index >= 15 is 0 Å². The summed E-state index contributed by atoms with van der Waals surface area (Å²) in [5.41, 5.74) is 6.33. The molecule has 5 nitrogen and oxygen atoms in total. The van der Waals surface area contributed by atoms with Gasteiger partial charge in [0.1, 0.15) is 5.82 Å². The molecule has 0 radical (unpaired) electrons. The Balaban J connectivity index is 1.85. The summed E-state index contributed by atoms with van der Waals surface area (Å²) in [5.74, 6) is 1.02. The number of carbonyl (C=O) groups is 1. The molecule has 0 aromatic carbocycles. The number of hydrogen-bond donors (Lipinski definition) is 2. The zero-order chi connectivity index (χ0) is 12.8. The number of rotatable bonds is 5. The van der Waals surface area contributed by atoms with Gasteiger partial charge in [0.25, 0.3) is 0 Å². The van der Waals surface area contributed by atoms with Gasteiger partial charge in [0.15, 0.2) is 0 Å². The quantitative estimate of drug-likeness (QED) is 0.802. The average Bonchev–Trinajstić information content (AvgIpc) is 2.91. The van der Waals surface area contributed by atoms with Crippen LogP contribution in [0.5, 0.6) is 0 Å². The van der Waals surface area contributed by atoms with Crippen LogP contribution < -0.4 is 16.0 Å². The highest BCUT2D eigenvalue weighted by Gasteiger charge is 2.12. The third-order valence-corrected chi connectivity index (χ3v) is 3.10. The summed E-state index contributed by atoms with van der Waals surface area (Å²) in [6.45, 7) is 3.10. The monoisotopic (exact) mass is 248 g/mol. The Morgan fingerprint density at radius 2 is 2.17 bits per heavy atom. The lowest BCUT2D eigenvalue weighted by Gasteiger charge is -2.16. The molecule has 2 rings (SSSR count). The van der Waals surface area contributed by atoms with Crippen molar-refractivity contribution in [3.05, 3.63) is 23.9 Å². The predicted octanol–water partition coefficient (Wildman–Crippen LogP) is 0.647. The maximum absolute atomic E-state index is 11.3. The molecule has 1 aromatic rings. The second-order valence-electron chi connectivity index (χ2n) is 4.53. The topological polar surface area (TPSA) is 71.2 Å². The van der Waals surface area contributed by atoms with Crippen molar-refractivity contribution in [2.45, 2.75) is 25.8 Å². The number of nitrogens with zero attached hydrogens (tertiary/aromatic N) is 2. The Bertz CT molecular complexity index is 384. The molecule has 18 heavy (non-hydrogen) atoms. The predicted molar refractivity (Wildman–Crippen MR) is 71.2 cm³/mol. The van der Waals surface area contributed by atoms with E-state index in [-0.39, 0.29) is 5.91 Å². The van der Waals surface area contributed by atoms with E-state index in [1.165, 1.54) is 12.8 Å². The molecule has 1 aliphatic heterocycles. The zero-order valence-corrected chi connectivity index (χ0v) is 10.6. The molecule has 0 spiro atoms. The van der Waals surface area contributed by atoms with Crippen LogP contribution in [0, 0.1) is 0 Å². The van der Waals surface area contributed by atoms with Crippen molar-refractivity contribution in [2.75, 3.05) is 24.5 Å². The van der Waals surface area contributed by atoms with E-state index < -0.39 is 0 Å². The SMILES string of the molecule is NCCC(=O)NCc1ccc(N2CCCC2)nc1. The van der Waals surface area contributed by atoms with Crippen LogP contribution in [0.25, 0.3) is 0 Å². The molecule has 98 valence electrons. The Morgan fingerprint density at radius 3 is 2.78 bits per heavy atom. The van der Waals surface area contributed by atoms with E-state index in [9.17, 15) is 4.79 Å². The fraction of sp³-hybridized carbons (Fsp3) is 0.538. The lowest BCUT2D eigenvalue weighted by atomic mass is 10.2. The van der Waals surface area contributed by atoms with E-state index in [1.54, 1.807) is 0 Å². The average molecular weight is 248 g/mol. The van der Waals surface area contributed by atoms with Crippen molar-refractivity contribution in [1.82, 2.24) is 10.3 Å². The molecule has 0 saturated carbocycles. The lowest BCUT2D eigenvalue weighted by Crippen LogP contribution is -2.25. The third-order valence-electron chi connectivity index (χ3n) is 3.10. The van der Waals surface area contributed by atoms with Crippen LogP contribution in [0.3, 0.4) is 0 Å². The molecule has 0 bridgehead atoms. The van der Waals surface area contributed by atoms with E-state index in [2.05, 4.69) is 15.2 Å². The molecular formula is C13H20N4O. The molecule has 1 amide bonds. The van der Waals surface area contributed by atoms with Crippen LogP contribution in [0.4, 0.5) is 5.82 Å². The first-order valence-corrected chi connectivity index (χ1v) is 6.46. The summed E-state index contributed by atoms with van der Waals surface area (Å²) in [6, 6.07) is 4.04. The summed E-state index contributed by atoms with van der Waals surface area (Å²) in [4.78, 5) is 18.0. The first kappa shape index (κ1) is 12.8. The fourth-order valence-corrected chi connectivity index (χ4v) is 2.07. The van der Waals surface area contributed by atoms with Gasteiger partial charge in [0, 0.05) is 38.8 Å². The Hall–Kier alpha value is -1.62. The van der Waals surface area contributed by atoms with Crippen LogP contribution in [0.1, 0.15) is 24.8 Å². The maximum Gasteiger partial charge on any atom is 0.221 e. The van der Waals surface area contributed by atoms with E-state index in [0.717, 1.165) is 24.5 Å². The number of carbonyl (C=O) groups excluding carboxylic acids is 1. The van der Waals surface area contributed by atoms with Gasteiger partial charge in [0.2, 0.25) is 5.91 Å². The number of amides is 1. The summed E-state index contributed by atoms with van der Waals surface area (Å²) >= 11 is 0. The van der Waals surface area contributed by atoms with E-state index in [1.807, 2.05) is 18.3 Å². The standard InChI is InChI=1S/C13H20N4O/c14-6-5-13(18)16-10-11-3-4-12(15-9-11)17-7-1-2-8-17/h3-4,9H,1-2,5-8,10,14H2,(H,16,18). The van der Waals surface area contributed by atoms with Crippen molar-refractivity contribution in [2.24, 2.45) is 5.73 Å². The Morgan fingerprint density at radius 1 is 1.39 bits per heavy atom. The smallest absolute Gasteiger partial charge is 0.221 e. The number of nitrogens with two attached hydrogens (primary N) is 1. The van der Waals surface area contributed by atoms with Crippen molar-refractivity contribution >= 4 is 11.7 Å². The minimum atomic E-state index is -0.0129. The highest BCUT2D eigenvalue weighted by atomic mass is 16.1. The molecule has 2 heterocycles. The largest absolute Gasteiger partial charge is 0.357 e. The van der Waals surface area contributed by atoms with Crippen molar-refractivity contribution in [1.29, 1.82) is 0 Å². The molecule has 5 heteroatoms. The van der Waals surface area contributed by atoms with Gasteiger partial charge in [-0.25, -0.2) is 4.98 Å². The number of aromatic nitrogens is 1. The first-order valence-electron chi connectivity index (χ1n) is 6.46. The van der Waals surface area contributed by atoms with Crippen molar-refractivity contribution in [3.8, 4) is 0 Å². The molecule has 3 N–H and O–H groups in total. The molecular weight excluding hydrogens is 228 g/mol. The highest BCUT2D eigenvalue weighted by molar-refractivity contribution is 5.76. The van der Waals surface area contributed by atoms with E-state index in [0.29, 0.717) is 19.5 Å². The number of hydrogen-bond acceptors (Lipinski definition) is 4. The van der Waals surface area contributed by atoms with Crippen LogP contribution in [-0.2, 0) is 11.3 Å². The Kier molecular flexibility index (Phi) is 4.52. The first-order chi connectivity index (χ1) is 8.79. The second kappa shape index (κ2) is 6.35. The normalized spacial score (nSPS) is 14.8. The number of pyridine rings is 1. The summed E-state index contributed by atoms with van der Waals surface area (Å²) < 4.78 is 0. The van der Waals surface area contributed by atoms with Gasteiger partial charge in [0.05, 0.1) is 0 Å². The maximum atomic E-state index is 11.3. The molecule has 0 atom stereocenters. The van der Waals surface area contributed by atoms with Crippen LogP contribution >= 0.6 is 0 Å². The molecule has 1 fully saturated rings. The second-order valence-corrected chi connectivity index (χ2v) is 4.53. The summed E-state index contributed by atoms with van der Waals surface area (Å²) in [5, 5.41) is 2.82. The van der Waals surface area contributed by atoms with Gasteiger partial charge >= 0.3 is 0 Å². The van der Waals surface area contributed by atoms with Gasteiger partial charge in [-0.2, -0.15) is 0 Å². The molecule has 1 aliphatic rings. The van der Waals surface area contributed by atoms with Gasteiger partial charge in [-0.15, -0.1) is 0 Å². The van der Waals surface area contributed by atoms with Gasteiger partial charge in [-0.1, -0.05) is 6.07 Å². The van der Waals surface area contributed by atoms with Crippen LogP contribution in [0.15, 0.2) is 18.3 Å². The van der Waals surface area contributed by atoms with Crippen LogP contribution in [-0.4, -0.2) is 30.5 Å². The highest BCUT2D eigenvalue weighted by Crippen LogP contribution is 2.17. The van der Waals surface area contributed by atoms with Crippen molar-refractivity contribution < 1.29 is 4.79 Å². The number of anilines is 1. The van der Waals surface area contributed by atoms with E-state index in [4.69, 9.17) is 5.73 Å². The third kappa shape index (κ3) is 3.43.